The van der Waals surface area contributed by atoms with Crippen molar-refractivity contribution in [3.8, 4) is 0 Å². The third kappa shape index (κ3) is 2.96. The Bertz CT molecular complexity index is 342. The molecule has 0 unspecified atom stereocenters. The molecule has 0 bridgehead atoms. The molecule has 4 nitrogen and oxygen atoms in total. The number of hydrogen-bond acceptors (Lipinski definition) is 4. The highest BCUT2D eigenvalue weighted by molar-refractivity contribution is 5.45. The van der Waals surface area contributed by atoms with E-state index in [2.05, 4.69) is 16.0 Å². The van der Waals surface area contributed by atoms with Gasteiger partial charge in [0.1, 0.15) is 0 Å². The van der Waals surface area contributed by atoms with Crippen LogP contribution in [0.25, 0.3) is 0 Å². The summed E-state index contributed by atoms with van der Waals surface area (Å²) in [5, 5.41) is 9.10. The third-order valence-electron chi connectivity index (χ3n) is 3.48. The normalized spacial score (nSPS) is 19.4. The average molecular weight is 235 g/mol. The molecular weight excluding hydrogens is 214 g/mol. The molecule has 4 heteroatoms. The molecule has 0 amide bonds. The minimum atomic E-state index is -0.0100. The summed E-state index contributed by atoms with van der Waals surface area (Å²) in [6.07, 6.45) is 4.02. The summed E-state index contributed by atoms with van der Waals surface area (Å²) < 4.78 is 0. The molecule has 1 saturated heterocycles. The van der Waals surface area contributed by atoms with E-state index >= 15 is 0 Å². The van der Waals surface area contributed by atoms with Crippen molar-refractivity contribution in [2.24, 2.45) is 11.7 Å². The van der Waals surface area contributed by atoms with Gasteiger partial charge in [-0.15, -0.1) is 0 Å². The van der Waals surface area contributed by atoms with Gasteiger partial charge in [-0.25, -0.2) is 0 Å². The Balaban J connectivity index is 1.99. The maximum absolute atomic E-state index is 9.10. The summed E-state index contributed by atoms with van der Waals surface area (Å²) in [5.74, 6) is 0.475. The van der Waals surface area contributed by atoms with Crippen molar-refractivity contribution in [2.45, 2.75) is 25.8 Å². The molecule has 0 aromatic carbocycles. The van der Waals surface area contributed by atoms with Crippen LogP contribution in [0.3, 0.4) is 0 Å². The van der Waals surface area contributed by atoms with Gasteiger partial charge in [0, 0.05) is 25.7 Å². The monoisotopic (exact) mass is 235 g/mol. The molecule has 0 spiro atoms. The van der Waals surface area contributed by atoms with E-state index in [9.17, 15) is 0 Å². The average Bonchev–Trinajstić information content (AvgIpc) is 2.39. The Morgan fingerprint density at radius 2 is 2.18 bits per heavy atom. The molecule has 1 fully saturated rings. The lowest BCUT2D eigenvalue weighted by Gasteiger charge is -2.32. The van der Waals surface area contributed by atoms with E-state index in [-0.39, 0.29) is 6.04 Å². The van der Waals surface area contributed by atoms with Crippen LogP contribution >= 0.6 is 0 Å². The first-order chi connectivity index (χ1) is 8.20. The Labute approximate surface area is 102 Å². The van der Waals surface area contributed by atoms with Crippen LogP contribution in [-0.2, 0) is 0 Å². The van der Waals surface area contributed by atoms with Crippen molar-refractivity contribution in [1.82, 2.24) is 4.98 Å². The molecule has 2 rings (SSSR count). The van der Waals surface area contributed by atoms with E-state index in [0.29, 0.717) is 12.5 Å². The molecule has 0 radical (unpaired) electrons. The number of nitrogens with zero attached hydrogens (tertiary/aromatic N) is 2. The molecule has 1 aromatic rings. The topological polar surface area (TPSA) is 62.4 Å². The first kappa shape index (κ1) is 12.3. The smallest absolute Gasteiger partial charge is 0.0569 e. The highest BCUT2D eigenvalue weighted by atomic mass is 16.3. The maximum Gasteiger partial charge on any atom is 0.0569 e. The van der Waals surface area contributed by atoms with Gasteiger partial charge in [-0.05, 0) is 37.8 Å². The second-order valence-electron chi connectivity index (χ2n) is 4.84. The van der Waals surface area contributed by atoms with E-state index < -0.39 is 0 Å². The van der Waals surface area contributed by atoms with Crippen LogP contribution < -0.4 is 10.6 Å². The molecule has 3 N–H and O–H groups in total. The van der Waals surface area contributed by atoms with Crippen LogP contribution in [0.4, 0.5) is 5.69 Å². The number of piperidine rings is 1. The van der Waals surface area contributed by atoms with Gasteiger partial charge >= 0.3 is 0 Å². The minimum absolute atomic E-state index is 0.0100. The van der Waals surface area contributed by atoms with Crippen LogP contribution in [0.15, 0.2) is 18.3 Å². The van der Waals surface area contributed by atoms with Gasteiger partial charge in [0.05, 0.1) is 17.6 Å². The third-order valence-corrected chi connectivity index (χ3v) is 3.48. The van der Waals surface area contributed by atoms with Crippen molar-refractivity contribution >= 4 is 5.69 Å². The van der Waals surface area contributed by atoms with Crippen LogP contribution in [0.2, 0.25) is 0 Å². The summed E-state index contributed by atoms with van der Waals surface area (Å²) in [4.78, 5) is 6.70. The number of rotatable bonds is 3. The molecular formula is C13H21N3O. The number of anilines is 1. The van der Waals surface area contributed by atoms with E-state index in [0.717, 1.165) is 37.3 Å². The van der Waals surface area contributed by atoms with Crippen molar-refractivity contribution in [3.63, 3.8) is 0 Å². The van der Waals surface area contributed by atoms with Crippen LogP contribution in [-0.4, -0.2) is 29.8 Å². The fraction of sp³-hybridized carbons (Fsp3) is 0.615. The van der Waals surface area contributed by atoms with Crippen molar-refractivity contribution < 1.29 is 5.11 Å². The van der Waals surface area contributed by atoms with Crippen LogP contribution in [0, 0.1) is 5.92 Å². The summed E-state index contributed by atoms with van der Waals surface area (Å²) >= 11 is 0. The quantitative estimate of drug-likeness (QED) is 0.829. The first-order valence-electron chi connectivity index (χ1n) is 6.28. The Kier molecular flexibility index (Phi) is 3.97. The van der Waals surface area contributed by atoms with Gasteiger partial charge in [-0.1, -0.05) is 0 Å². The van der Waals surface area contributed by atoms with E-state index in [1.54, 1.807) is 0 Å². The molecule has 0 aliphatic carbocycles. The van der Waals surface area contributed by atoms with E-state index in [1.165, 1.54) is 0 Å². The predicted molar refractivity (Wildman–Crippen MR) is 68.9 cm³/mol. The molecule has 1 atom stereocenters. The van der Waals surface area contributed by atoms with Crippen molar-refractivity contribution in [3.05, 3.63) is 24.0 Å². The second-order valence-corrected chi connectivity index (χ2v) is 4.84. The number of aliphatic hydroxyl groups excluding tert-OH is 1. The largest absolute Gasteiger partial charge is 0.396 e. The molecule has 2 heterocycles. The Morgan fingerprint density at radius 3 is 2.65 bits per heavy atom. The van der Waals surface area contributed by atoms with E-state index in [4.69, 9.17) is 10.8 Å². The van der Waals surface area contributed by atoms with Crippen LogP contribution in [0.5, 0.6) is 0 Å². The molecule has 17 heavy (non-hydrogen) atoms. The molecule has 1 aromatic heterocycles. The Morgan fingerprint density at radius 1 is 1.47 bits per heavy atom. The zero-order valence-electron chi connectivity index (χ0n) is 10.3. The zero-order valence-corrected chi connectivity index (χ0v) is 10.3. The fourth-order valence-corrected chi connectivity index (χ4v) is 2.23. The highest BCUT2D eigenvalue weighted by Crippen LogP contribution is 2.22. The second kappa shape index (κ2) is 5.47. The molecule has 0 saturated carbocycles. The molecule has 94 valence electrons. The number of nitrogens with two attached hydrogens (primary N) is 1. The maximum atomic E-state index is 9.10. The van der Waals surface area contributed by atoms with Gasteiger partial charge in [0.25, 0.3) is 0 Å². The van der Waals surface area contributed by atoms with Gasteiger partial charge < -0.3 is 15.7 Å². The lowest BCUT2D eigenvalue weighted by molar-refractivity contribution is 0.203. The lowest BCUT2D eigenvalue weighted by atomic mass is 9.97. The number of hydrogen-bond donors (Lipinski definition) is 2. The van der Waals surface area contributed by atoms with Gasteiger partial charge in [0.15, 0.2) is 0 Å². The predicted octanol–water partition coefficient (Wildman–Crippen LogP) is 1.31. The lowest BCUT2D eigenvalue weighted by Crippen LogP contribution is -2.34. The van der Waals surface area contributed by atoms with Crippen molar-refractivity contribution in [1.29, 1.82) is 0 Å². The summed E-state index contributed by atoms with van der Waals surface area (Å²) in [6, 6.07) is 4.08. The summed E-state index contributed by atoms with van der Waals surface area (Å²) in [5.41, 5.74) is 7.86. The number of aromatic nitrogens is 1. The standard InChI is InChI=1S/C13H21N3O/c1-10(14)13-3-2-12(8-15-13)16-6-4-11(9-17)5-7-16/h2-3,8,10-11,17H,4-7,9,14H2,1H3/t10-/m1/s1. The first-order valence-corrected chi connectivity index (χ1v) is 6.28. The molecule has 1 aliphatic rings. The zero-order chi connectivity index (χ0) is 12.3. The Hall–Kier alpha value is -1.13. The number of pyridine rings is 1. The highest BCUT2D eigenvalue weighted by Gasteiger charge is 2.18. The van der Waals surface area contributed by atoms with Gasteiger partial charge in [-0.2, -0.15) is 0 Å². The SMILES string of the molecule is C[C@@H](N)c1ccc(N2CCC(CO)CC2)cn1. The fourth-order valence-electron chi connectivity index (χ4n) is 2.23. The minimum Gasteiger partial charge on any atom is -0.396 e. The van der Waals surface area contributed by atoms with Crippen molar-refractivity contribution in [2.75, 3.05) is 24.6 Å². The molecule has 1 aliphatic heterocycles. The van der Waals surface area contributed by atoms with Gasteiger partial charge in [0.2, 0.25) is 0 Å². The van der Waals surface area contributed by atoms with Gasteiger partial charge in [-0.3, -0.25) is 4.98 Å². The van der Waals surface area contributed by atoms with Crippen LogP contribution in [0.1, 0.15) is 31.5 Å². The summed E-state index contributed by atoms with van der Waals surface area (Å²) in [7, 11) is 0. The summed E-state index contributed by atoms with van der Waals surface area (Å²) in [6.45, 7) is 4.26. The van der Waals surface area contributed by atoms with E-state index in [1.807, 2.05) is 19.2 Å². The number of aliphatic hydroxyl groups is 1.